The number of fused-ring (bicyclic) bond motifs is 1. The molecule has 26 heavy (non-hydrogen) atoms. The van der Waals surface area contributed by atoms with Gasteiger partial charge in [0, 0.05) is 38.2 Å². The molecule has 1 aromatic heterocycles. The van der Waals surface area contributed by atoms with Gasteiger partial charge < -0.3 is 15.1 Å². The van der Waals surface area contributed by atoms with E-state index in [1.54, 1.807) is 0 Å². The highest BCUT2D eigenvalue weighted by molar-refractivity contribution is 7.85. The van der Waals surface area contributed by atoms with Gasteiger partial charge in [0.2, 0.25) is 0 Å². The normalized spacial score (nSPS) is 18.9. The molecule has 2 aliphatic heterocycles. The molecule has 0 atom stereocenters. The first-order valence-electron chi connectivity index (χ1n) is 8.91. The van der Waals surface area contributed by atoms with Crippen LogP contribution in [-0.4, -0.2) is 85.5 Å². The first kappa shape index (κ1) is 20.8. The third-order valence-corrected chi connectivity index (χ3v) is 4.54. The SMILES string of the molecule is CN1CCCN(CCc2n[nH]c(=O)c3c2NCCC3)CC1.CS(=O)(=O)O. The van der Waals surface area contributed by atoms with Crippen molar-refractivity contribution in [2.24, 2.45) is 0 Å². The molecule has 0 aliphatic carbocycles. The number of anilines is 1. The first-order valence-corrected chi connectivity index (χ1v) is 10.8. The Bertz CT molecular complexity index is 741. The minimum atomic E-state index is -3.67. The second-order valence-corrected chi connectivity index (χ2v) is 8.33. The lowest BCUT2D eigenvalue weighted by molar-refractivity contribution is 0.278. The van der Waals surface area contributed by atoms with Crippen LogP contribution in [0.2, 0.25) is 0 Å². The zero-order valence-electron chi connectivity index (χ0n) is 15.5. The predicted molar refractivity (Wildman–Crippen MR) is 101 cm³/mol. The smallest absolute Gasteiger partial charge is 0.269 e. The highest BCUT2D eigenvalue weighted by atomic mass is 32.2. The van der Waals surface area contributed by atoms with Gasteiger partial charge in [0.1, 0.15) is 0 Å². The van der Waals surface area contributed by atoms with Crippen molar-refractivity contribution in [2.45, 2.75) is 25.7 Å². The third kappa shape index (κ3) is 7.02. The van der Waals surface area contributed by atoms with E-state index in [2.05, 4.69) is 32.4 Å². The van der Waals surface area contributed by atoms with Crippen molar-refractivity contribution in [2.75, 3.05) is 57.9 Å². The number of rotatable bonds is 3. The molecule has 10 heteroatoms. The molecule has 0 aromatic carbocycles. The summed E-state index contributed by atoms with van der Waals surface area (Å²) in [6, 6.07) is 0. The monoisotopic (exact) mass is 387 g/mol. The van der Waals surface area contributed by atoms with Crippen LogP contribution < -0.4 is 10.9 Å². The van der Waals surface area contributed by atoms with Gasteiger partial charge in [-0.15, -0.1) is 0 Å². The molecule has 3 heterocycles. The summed E-state index contributed by atoms with van der Waals surface area (Å²) in [5.41, 5.74) is 2.87. The molecule has 0 spiro atoms. The Kier molecular flexibility index (Phi) is 7.56. The number of nitrogens with zero attached hydrogens (tertiary/aromatic N) is 3. The second-order valence-electron chi connectivity index (χ2n) is 6.86. The van der Waals surface area contributed by atoms with E-state index in [4.69, 9.17) is 4.55 Å². The quantitative estimate of drug-likeness (QED) is 0.611. The van der Waals surface area contributed by atoms with E-state index >= 15 is 0 Å². The fraction of sp³-hybridized carbons (Fsp3) is 0.750. The van der Waals surface area contributed by atoms with Crippen molar-refractivity contribution >= 4 is 15.8 Å². The van der Waals surface area contributed by atoms with Gasteiger partial charge in [-0.2, -0.15) is 13.5 Å². The lowest BCUT2D eigenvalue weighted by atomic mass is 10.0. The van der Waals surface area contributed by atoms with E-state index in [9.17, 15) is 13.2 Å². The minimum Gasteiger partial charge on any atom is -0.383 e. The summed E-state index contributed by atoms with van der Waals surface area (Å²) in [5, 5.41) is 10.3. The molecule has 3 N–H and O–H groups in total. The molecular weight excluding hydrogens is 358 g/mol. The van der Waals surface area contributed by atoms with E-state index in [0.29, 0.717) is 6.26 Å². The Morgan fingerprint density at radius 2 is 1.92 bits per heavy atom. The van der Waals surface area contributed by atoms with Crippen LogP contribution >= 0.6 is 0 Å². The van der Waals surface area contributed by atoms with Crippen molar-refractivity contribution < 1.29 is 13.0 Å². The fourth-order valence-corrected chi connectivity index (χ4v) is 3.22. The van der Waals surface area contributed by atoms with E-state index in [1.165, 1.54) is 13.0 Å². The van der Waals surface area contributed by atoms with Gasteiger partial charge in [-0.25, -0.2) is 5.10 Å². The first-order chi connectivity index (χ1) is 12.2. The van der Waals surface area contributed by atoms with Crippen LogP contribution in [0.1, 0.15) is 24.1 Å². The molecule has 0 bridgehead atoms. The summed E-state index contributed by atoms with van der Waals surface area (Å²) in [6.07, 6.45) is 4.73. The number of likely N-dealkylation sites (N-methyl/N-ethyl adjacent to an activating group) is 1. The highest BCUT2D eigenvalue weighted by Crippen LogP contribution is 2.21. The minimum absolute atomic E-state index is 0.0302. The van der Waals surface area contributed by atoms with Crippen molar-refractivity contribution in [3.05, 3.63) is 21.6 Å². The van der Waals surface area contributed by atoms with Gasteiger partial charge in [-0.1, -0.05) is 0 Å². The molecule has 3 rings (SSSR count). The van der Waals surface area contributed by atoms with Gasteiger partial charge in [-0.05, 0) is 39.4 Å². The molecule has 2 aliphatic rings. The molecule has 148 valence electrons. The van der Waals surface area contributed by atoms with E-state index < -0.39 is 10.1 Å². The number of H-pyrrole nitrogens is 1. The number of hydrogen-bond donors (Lipinski definition) is 3. The maximum absolute atomic E-state index is 11.8. The average molecular weight is 388 g/mol. The maximum atomic E-state index is 11.8. The van der Waals surface area contributed by atoms with Crippen LogP contribution in [0.5, 0.6) is 0 Å². The molecule has 1 aromatic rings. The lowest BCUT2D eigenvalue weighted by Crippen LogP contribution is -2.32. The van der Waals surface area contributed by atoms with Gasteiger partial charge in [0.25, 0.3) is 15.7 Å². The average Bonchev–Trinajstić information content (AvgIpc) is 2.77. The highest BCUT2D eigenvalue weighted by Gasteiger charge is 2.18. The van der Waals surface area contributed by atoms with Crippen molar-refractivity contribution in [3.63, 3.8) is 0 Å². The summed E-state index contributed by atoms with van der Waals surface area (Å²) >= 11 is 0. The van der Waals surface area contributed by atoms with Crippen molar-refractivity contribution in [3.8, 4) is 0 Å². The number of hydrogen-bond acceptors (Lipinski definition) is 7. The van der Waals surface area contributed by atoms with E-state index in [-0.39, 0.29) is 5.56 Å². The lowest BCUT2D eigenvalue weighted by Gasteiger charge is -2.22. The Morgan fingerprint density at radius 1 is 1.19 bits per heavy atom. The Hall–Kier alpha value is -1.49. The summed E-state index contributed by atoms with van der Waals surface area (Å²) in [7, 11) is -1.48. The molecule has 0 amide bonds. The zero-order chi connectivity index (χ0) is 19.2. The van der Waals surface area contributed by atoms with Crippen LogP contribution in [0.4, 0.5) is 5.69 Å². The Morgan fingerprint density at radius 3 is 2.65 bits per heavy atom. The summed E-state index contributed by atoms with van der Waals surface area (Å²) < 4.78 is 25.9. The van der Waals surface area contributed by atoms with Crippen LogP contribution in [0, 0.1) is 0 Å². The van der Waals surface area contributed by atoms with Gasteiger partial charge in [0.15, 0.2) is 0 Å². The van der Waals surface area contributed by atoms with Crippen LogP contribution in [0.3, 0.4) is 0 Å². The van der Waals surface area contributed by atoms with Gasteiger partial charge in [-0.3, -0.25) is 9.35 Å². The summed E-state index contributed by atoms with van der Waals surface area (Å²) in [6.45, 7) is 6.55. The maximum Gasteiger partial charge on any atom is 0.269 e. The Balaban J connectivity index is 0.000000431. The summed E-state index contributed by atoms with van der Waals surface area (Å²) in [5.74, 6) is 0. The standard InChI is InChI=1S/C15H25N5O.CH4O3S/c1-19-7-3-8-20(11-10-19)9-5-13-14-12(4-2-6-16-14)15(21)18-17-13;1-5(2,3)4/h16H,2-11H2,1H3,(H,18,21);1H3,(H,2,3,4). The molecule has 0 unspecified atom stereocenters. The Labute approximate surface area is 154 Å². The van der Waals surface area contributed by atoms with Gasteiger partial charge in [0.05, 0.1) is 17.6 Å². The fourth-order valence-electron chi connectivity index (χ4n) is 3.22. The van der Waals surface area contributed by atoms with E-state index in [0.717, 1.165) is 68.9 Å². The molecular formula is C16H29N5O4S. The summed E-state index contributed by atoms with van der Waals surface area (Å²) in [4.78, 5) is 16.7. The number of aromatic nitrogens is 2. The van der Waals surface area contributed by atoms with Gasteiger partial charge >= 0.3 is 0 Å². The number of nitrogens with one attached hydrogen (secondary N) is 2. The largest absolute Gasteiger partial charge is 0.383 e. The molecule has 0 radical (unpaired) electrons. The van der Waals surface area contributed by atoms with Crippen molar-refractivity contribution in [1.29, 1.82) is 0 Å². The van der Waals surface area contributed by atoms with Crippen LogP contribution in [-0.2, 0) is 23.0 Å². The molecule has 1 saturated heterocycles. The third-order valence-electron chi connectivity index (χ3n) is 4.54. The number of aromatic amines is 1. The predicted octanol–water partition coefficient (Wildman–Crippen LogP) is -0.188. The molecule has 0 saturated carbocycles. The van der Waals surface area contributed by atoms with Crippen LogP contribution in [0.25, 0.3) is 0 Å². The second kappa shape index (κ2) is 9.45. The molecule has 9 nitrogen and oxygen atoms in total. The van der Waals surface area contributed by atoms with Crippen molar-refractivity contribution in [1.82, 2.24) is 20.0 Å². The topological polar surface area (TPSA) is 119 Å². The van der Waals surface area contributed by atoms with E-state index in [1.807, 2.05) is 0 Å². The van der Waals surface area contributed by atoms with Crippen LogP contribution in [0.15, 0.2) is 4.79 Å². The molecule has 1 fully saturated rings. The zero-order valence-corrected chi connectivity index (χ0v) is 16.3.